The molecule has 150 valence electrons. The zero-order valence-electron chi connectivity index (χ0n) is 16.3. The predicted molar refractivity (Wildman–Crippen MR) is 114 cm³/mol. The largest absolute Gasteiger partial charge is 0.358 e. The van der Waals surface area contributed by atoms with Crippen LogP contribution < -0.4 is 10.6 Å². The van der Waals surface area contributed by atoms with Crippen LogP contribution in [0.4, 0.5) is 10.5 Å². The van der Waals surface area contributed by atoms with E-state index < -0.39 is 11.6 Å². The fourth-order valence-corrected chi connectivity index (χ4v) is 4.61. The Hall–Kier alpha value is -3.79. The van der Waals surface area contributed by atoms with E-state index in [-0.39, 0.29) is 18.5 Å². The molecule has 7 heteroatoms. The van der Waals surface area contributed by atoms with Crippen LogP contribution in [0.1, 0.15) is 17.7 Å². The molecule has 7 nitrogen and oxygen atoms in total. The van der Waals surface area contributed by atoms with Gasteiger partial charge in [0.1, 0.15) is 5.41 Å². The molecule has 2 aliphatic heterocycles. The Morgan fingerprint density at radius 3 is 2.87 bits per heavy atom. The van der Waals surface area contributed by atoms with E-state index in [0.29, 0.717) is 19.4 Å². The third-order valence-corrected chi connectivity index (χ3v) is 6.12. The summed E-state index contributed by atoms with van der Waals surface area (Å²) in [6, 6.07) is 17.3. The number of aromatic nitrogens is 1. The first kappa shape index (κ1) is 18.3. The summed E-state index contributed by atoms with van der Waals surface area (Å²) in [7, 11) is 0. The van der Waals surface area contributed by atoms with Crippen LogP contribution in [0.25, 0.3) is 15.7 Å². The minimum Gasteiger partial charge on any atom is -0.358 e. The van der Waals surface area contributed by atoms with Crippen molar-refractivity contribution in [1.82, 2.24) is 15.2 Å². The summed E-state index contributed by atoms with van der Waals surface area (Å²) in [5, 5.41) is 6.96. The maximum atomic E-state index is 12.9. The van der Waals surface area contributed by atoms with Crippen LogP contribution in [0, 0.1) is 6.57 Å². The molecule has 0 bridgehead atoms. The van der Waals surface area contributed by atoms with E-state index in [1.165, 1.54) is 4.90 Å². The molecule has 3 amide bonds. The van der Waals surface area contributed by atoms with Crippen LogP contribution in [0.5, 0.6) is 0 Å². The average Bonchev–Trinajstić information content (AvgIpc) is 3.43. The lowest BCUT2D eigenvalue weighted by Crippen LogP contribution is -2.45. The Morgan fingerprint density at radius 1 is 1.23 bits per heavy atom. The van der Waals surface area contributed by atoms with E-state index >= 15 is 0 Å². The molecule has 0 aliphatic carbocycles. The summed E-state index contributed by atoms with van der Waals surface area (Å²) in [5.41, 5.74) is 2.91. The van der Waals surface area contributed by atoms with Crippen LogP contribution in [-0.4, -0.2) is 41.1 Å². The van der Waals surface area contributed by atoms with Gasteiger partial charge in [0.05, 0.1) is 6.42 Å². The number of carbonyl (C=O) groups is 2. The predicted octanol–water partition coefficient (Wildman–Crippen LogP) is 3.26. The van der Waals surface area contributed by atoms with E-state index in [1.54, 1.807) is 0 Å². The third-order valence-electron chi connectivity index (χ3n) is 6.12. The number of fused-ring (bicyclic) bond motifs is 3. The number of nitrogens with zero attached hydrogens (tertiary/aromatic N) is 2. The van der Waals surface area contributed by atoms with Crippen LogP contribution in [-0.2, 0) is 16.6 Å². The normalized spacial score (nSPS) is 22.2. The van der Waals surface area contributed by atoms with Crippen molar-refractivity contribution in [2.75, 3.05) is 18.4 Å². The minimum absolute atomic E-state index is 0.134. The summed E-state index contributed by atoms with van der Waals surface area (Å²) in [4.78, 5) is 34.1. The lowest BCUT2D eigenvalue weighted by atomic mass is 9.80. The molecule has 0 unspecified atom stereocenters. The molecular formula is C23H21N5O2. The number of carbonyl (C=O) groups excluding carboxylic acids is 2. The molecule has 3 aromatic rings. The molecule has 1 spiro atoms. The summed E-state index contributed by atoms with van der Waals surface area (Å²) in [6.45, 7) is 8.22. The Morgan fingerprint density at radius 2 is 2.03 bits per heavy atom. The number of likely N-dealkylation sites (tertiary alicyclic amines) is 1. The lowest BCUT2D eigenvalue weighted by Gasteiger charge is -2.21. The maximum Gasteiger partial charge on any atom is 0.323 e. The molecule has 0 radical (unpaired) electrons. The molecule has 3 heterocycles. The molecular weight excluding hydrogens is 378 g/mol. The van der Waals surface area contributed by atoms with Crippen molar-refractivity contribution < 1.29 is 9.59 Å². The molecule has 2 atom stereocenters. The highest BCUT2D eigenvalue weighted by Crippen LogP contribution is 2.46. The molecule has 1 fully saturated rings. The second-order valence-corrected chi connectivity index (χ2v) is 7.89. The Bertz CT molecular complexity index is 1160. The fraction of sp³-hybridized carbons (Fsp3) is 0.261. The summed E-state index contributed by atoms with van der Waals surface area (Å²) in [5.74, 6) is -0.134. The number of nitrogens with one attached hydrogen (secondary N) is 3. The number of hydrogen-bond acceptors (Lipinski definition) is 2. The van der Waals surface area contributed by atoms with Gasteiger partial charge in [-0.05, 0) is 29.1 Å². The van der Waals surface area contributed by atoms with Gasteiger partial charge in [0.25, 0.3) is 0 Å². The number of H-pyrrole nitrogens is 1. The number of aromatic amines is 1. The molecule has 1 aromatic heterocycles. The molecule has 0 saturated carbocycles. The van der Waals surface area contributed by atoms with Crippen LogP contribution in [0.2, 0.25) is 0 Å². The first-order valence-corrected chi connectivity index (χ1v) is 9.99. The van der Waals surface area contributed by atoms with Crippen LogP contribution in [0.3, 0.4) is 0 Å². The molecule has 3 N–H and O–H groups in total. The quantitative estimate of drug-likeness (QED) is 0.591. The van der Waals surface area contributed by atoms with Gasteiger partial charge in [-0.3, -0.25) is 14.5 Å². The van der Waals surface area contributed by atoms with Gasteiger partial charge in [-0.2, -0.15) is 0 Å². The molecule has 2 aliphatic rings. The molecule has 2 aromatic carbocycles. The number of amides is 3. The molecule has 30 heavy (non-hydrogen) atoms. The van der Waals surface area contributed by atoms with Gasteiger partial charge in [0.2, 0.25) is 5.91 Å². The second-order valence-electron chi connectivity index (χ2n) is 7.89. The van der Waals surface area contributed by atoms with Crippen LogP contribution in [0.15, 0.2) is 54.6 Å². The number of hydrogen-bond donors (Lipinski definition) is 3. The van der Waals surface area contributed by atoms with E-state index in [0.717, 1.165) is 27.8 Å². The first-order chi connectivity index (χ1) is 14.6. The van der Waals surface area contributed by atoms with Gasteiger partial charge >= 0.3 is 12.2 Å². The van der Waals surface area contributed by atoms with Crippen molar-refractivity contribution in [3.05, 3.63) is 77.3 Å². The van der Waals surface area contributed by atoms with Crippen molar-refractivity contribution in [3.63, 3.8) is 0 Å². The number of para-hydroxylation sites is 2. The van der Waals surface area contributed by atoms with Crippen molar-refractivity contribution in [1.29, 1.82) is 0 Å². The lowest BCUT2D eigenvalue weighted by molar-refractivity contribution is -0.120. The molecule has 5 rings (SSSR count). The van der Waals surface area contributed by atoms with Gasteiger partial charge in [-0.1, -0.05) is 36.4 Å². The van der Waals surface area contributed by atoms with E-state index in [9.17, 15) is 9.59 Å². The van der Waals surface area contributed by atoms with Gasteiger partial charge < -0.3 is 15.6 Å². The van der Waals surface area contributed by atoms with E-state index in [4.69, 9.17) is 6.57 Å². The summed E-state index contributed by atoms with van der Waals surface area (Å²) in [6.07, 6.45) is 0.315. The number of anilines is 1. The van der Waals surface area contributed by atoms with E-state index in [2.05, 4.69) is 26.5 Å². The highest BCUT2D eigenvalue weighted by Gasteiger charge is 2.58. The SMILES string of the molecule is [C-]#[N+][C@@H]1C[C@@]2(CN1C(=O)NCCc1cc3ccccc3[nH]1)C(=O)Nc1ccccc12. The van der Waals surface area contributed by atoms with Gasteiger partial charge in [-0.25, -0.2) is 11.4 Å². The third kappa shape index (κ3) is 2.80. The Labute approximate surface area is 173 Å². The molecule has 1 saturated heterocycles. The Balaban J connectivity index is 1.28. The first-order valence-electron chi connectivity index (χ1n) is 9.99. The van der Waals surface area contributed by atoms with Crippen molar-refractivity contribution >= 4 is 28.5 Å². The number of rotatable bonds is 3. The highest BCUT2D eigenvalue weighted by molar-refractivity contribution is 6.07. The van der Waals surface area contributed by atoms with Gasteiger partial charge in [0.15, 0.2) is 0 Å². The van der Waals surface area contributed by atoms with Gasteiger partial charge in [-0.15, -0.1) is 0 Å². The Kier molecular flexibility index (Phi) is 4.21. The summed E-state index contributed by atoms with van der Waals surface area (Å²) < 4.78 is 0. The number of urea groups is 1. The van der Waals surface area contributed by atoms with E-state index in [1.807, 2.05) is 48.5 Å². The fourth-order valence-electron chi connectivity index (χ4n) is 4.61. The smallest absolute Gasteiger partial charge is 0.323 e. The minimum atomic E-state index is -0.847. The zero-order chi connectivity index (χ0) is 20.7. The zero-order valence-corrected chi connectivity index (χ0v) is 16.3. The highest BCUT2D eigenvalue weighted by atomic mass is 16.2. The second kappa shape index (κ2) is 6.92. The standard InChI is InChI=1S/C23H21N5O2/c1-24-20-13-23(17-7-3-5-9-19(17)27-21(23)29)14-28(20)22(30)25-11-10-16-12-15-6-2-4-8-18(15)26-16/h2-9,12,20,26H,10-11,13-14H2,(H,25,30)(H,27,29)/t20-,23-/m0/s1. The summed E-state index contributed by atoms with van der Waals surface area (Å²) >= 11 is 0. The average molecular weight is 399 g/mol. The van der Waals surface area contributed by atoms with Crippen LogP contribution >= 0.6 is 0 Å². The maximum absolute atomic E-state index is 12.9. The topological polar surface area (TPSA) is 81.6 Å². The van der Waals surface area contributed by atoms with Crippen molar-refractivity contribution in [2.45, 2.75) is 24.4 Å². The number of benzene rings is 2. The van der Waals surface area contributed by atoms with Crippen molar-refractivity contribution in [2.24, 2.45) is 0 Å². The van der Waals surface area contributed by atoms with Crippen molar-refractivity contribution in [3.8, 4) is 0 Å². The van der Waals surface area contributed by atoms with Gasteiger partial charge in [0, 0.05) is 36.4 Å². The monoisotopic (exact) mass is 399 g/mol.